The van der Waals surface area contributed by atoms with E-state index in [9.17, 15) is 33.2 Å². The van der Waals surface area contributed by atoms with E-state index in [1.54, 1.807) is 0 Å². The molecule has 0 spiro atoms. The first-order valence-corrected chi connectivity index (χ1v) is 6.30. The van der Waals surface area contributed by atoms with E-state index in [2.05, 4.69) is 0 Å². The quantitative estimate of drug-likeness (QED) is 0.190. The molecule has 1 aromatic carbocycles. The van der Waals surface area contributed by atoms with Crippen molar-refractivity contribution < 1.29 is 74.2 Å². The molecule has 0 bridgehead atoms. The van der Waals surface area contributed by atoms with E-state index in [4.69, 9.17) is 0 Å². The number of hydrogen-bond donors (Lipinski definition) is 0. The molecule has 1 aromatic rings. The van der Waals surface area contributed by atoms with Crippen LogP contribution < -0.4 is 56.3 Å². The first kappa shape index (κ1) is 17.4. The number of rotatable bonds is 4. The van der Waals surface area contributed by atoms with Gasteiger partial charge in [0.05, 0.1) is 14.7 Å². The molecule has 1 aliphatic heterocycles. The van der Waals surface area contributed by atoms with Gasteiger partial charge in [-0.1, -0.05) is 0 Å². The van der Waals surface area contributed by atoms with Crippen molar-refractivity contribution in [1.82, 2.24) is 0 Å². The van der Waals surface area contributed by atoms with Gasteiger partial charge >= 0.3 is 62.8 Å². The Balaban J connectivity index is 0.00000200. The SMILES string of the molecule is O=[N+]([O-])c1cc(S(=O)(=O)[O-])cc([N+](=O)[O-])c1N1CC1.[K+]. The van der Waals surface area contributed by atoms with Crippen molar-refractivity contribution in [3.05, 3.63) is 32.4 Å². The van der Waals surface area contributed by atoms with Crippen molar-refractivity contribution in [3.8, 4) is 0 Å². The molecule has 0 N–H and O–H groups in total. The van der Waals surface area contributed by atoms with E-state index in [1.807, 2.05) is 0 Å². The molecule has 0 aromatic heterocycles. The summed E-state index contributed by atoms with van der Waals surface area (Å²) in [5, 5.41) is 21.7. The summed E-state index contributed by atoms with van der Waals surface area (Å²) in [6, 6.07) is 1.09. The van der Waals surface area contributed by atoms with Crippen LogP contribution in [0.2, 0.25) is 0 Å². The Morgan fingerprint density at radius 2 is 1.45 bits per heavy atom. The standard InChI is InChI=1S/C8H7N3O7S.K/c12-10(13)6-3-5(19(16,17)18)4-7(11(14)15)8(6)9-1-2-9;/h3-4H,1-2H2,(H,16,17,18);/q;+1/p-1. The van der Waals surface area contributed by atoms with Crippen LogP contribution in [-0.2, 0) is 10.1 Å². The van der Waals surface area contributed by atoms with Crippen LogP contribution >= 0.6 is 0 Å². The normalized spacial score (nSPS) is 13.6. The summed E-state index contributed by atoms with van der Waals surface area (Å²) in [6.45, 7) is 0.788. The molecule has 0 atom stereocenters. The zero-order valence-electron chi connectivity index (χ0n) is 10.2. The summed E-state index contributed by atoms with van der Waals surface area (Å²) in [6.07, 6.45) is 0. The fourth-order valence-electron chi connectivity index (χ4n) is 1.60. The molecular weight excluding hydrogens is 321 g/mol. The second-order valence-electron chi connectivity index (χ2n) is 3.77. The van der Waals surface area contributed by atoms with Crippen LogP contribution in [0.15, 0.2) is 17.0 Å². The molecule has 12 heteroatoms. The number of benzene rings is 1. The third kappa shape index (κ3) is 3.52. The molecule has 20 heavy (non-hydrogen) atoms. The van der Waals surface area contributed by atoms with Crippen LogP contribution in [0.4, 0.5) is 17.1 Å². The van der Waals surface area contributed by atoms with Gasteiger partial charge in [0.15, 0.2) is 5.69 Å². The van der Waals surface area contributed by atoms with Crippen LogP contribution in [0.25, 0.3) is 0 Å². The van der Waals surface area contributed by atoms with Crippen molar-refractivity contribution in [1.29, 1.82) is 0 Å². The first-order valence-electron chi connectivity index (χ1n) is 4.89. The van der Waals surface area contributed by atoms with E-state index in [1.165, 1.54) is 4.90 Å². The molecule has 2 rings (SSSR count). The van der Waals surface area contributed by atoms with Gasteiger partial charge in [-0.25, -0.2) is 8.42 Å². The Bertz CT molecular complexity index is 650. The van der Waals surface area contributed by atoms with Gasteiger partial charge in [0.25, 0.3) is 0 Å². The monoisotopic (exact) mass is 327 g/mol. The van der Waals surface area contributed by atoms with Gasteiger partial charge in [-0.05, 0) is 0 Å². The number of hydrogen-bond acceptors (Lipinski definition) is 8. The van der Waals surface area contributed by atoms with Gasteiger partial charge in [0.2, 0.25) is 0 Å². The van der Waals surface area contributed by atoms with Gasteiger partial charge < -0.3 is 9.45 Å². The number of nitro benzene ring substituents is 2. The molecule has 0 amide bonds. The molecule has 10 nitrogen and oxygen atoms in total. The fraction of sp³-hybridized carbons (Fsp3) is 0.250. The summed E-state index contributed by atoms with van der Waals surface area (Å²) in [5.74, 6) is 0. The van der Waals surface area contributed by atoms with E-state index in [0.717, 1.165) is 0 Å². The predicted molar refractivity (Wildman–Crippen MR) is 59.9 cm³/mol. The zero-order chi connectivity index (χ0) is 14.4. The average molecular weight is 327 g/mol. The van der Waals surface area contributed by atoms with Crippen molar-refractivity contribution in [3.63, 3.8) is 0 Å². The van der Waals surface area contributed by atoms with E-state index in [0.29, 0.717) is 25.2 Å². The van der Waals surface area contributed by atoms with Crippen molar-refractivity contribution in [2.75, 3.05) is 18.0 Å². The summed E-state index contributed by atoms with van der Waals surface area (Å²) in [4.78, 5) is 20.2. The number of nitrogens with zero attached hydrogens (tertiary/aromatic N) is 3. The molecular formula is C8H6KN3O7S. The predicted octanol–water partition coefficient (Wildman–Crippen LogP) is -2.77. The molecule has 0 saturated carbocycles. The van der Waals surface area contributed by atoms with Crippen molar-refractivity contribution in [2.24, 2.45) is 0 Å². The topological polar surface area (TPSA) is 146 Å². The van der Waals surface area contributed by atoms with Crippen molar-refractivity contribution in [2.45, 2.75) is 4.90 Å². The molecule has 0 unspecified atom stereocenters. The Morgan fingerprint density at radius 1 is 1.05 bits per heavy atom. The summed E-state index contributed by atoms with van der Waals surface area (Å²) in [5.41, 5.74) is -1.80. The maximum atomic E-state index is 10.9. The number of anilines is 1. The molecule has 102 valence electrons. The molecule has 1 saturated heterocycles. The van der Waals surface area contributed by atoms with Crippen LogP contribution in [0.3, 0.4) is 0 Å². The molecule has 1 aliphatic rings. The Labute approximate surface area is 155 Å². The third-order valence-electron chi connectivity index (χ3n) is 2.49. The Hall–Kier alpha value is -0.634. The molecule has 0 radical (unpaired) electrons. The first-order chi connectivity index (χ1) is 8.71. The van der Waals surface area contributed by atoms with Crippen LogP contribution in [-0.4, -0.2) is 35.9 Å². The number of nitro groups is 2. The maximum Gasteiger partial charge on any atom is 1.00 e. The molecule has 1 heterocycles. The van der Waals surface area contributed by atoms with Gasteiger partial charge in [-0.3, -0.25) is 20.2 Å². The minimum absolute atomic E-state index is 0. The Morgan fingerprint density at radius 3 is 1.70 bits per heavy atom. The second kappa shape index (κ2) is 6.01. The van der Waals surface area contributed by atoms with Gasteiger partial charge in [-0.2, -0.15) is 0 Å². The van der Waals surface area contributed by atoms with E-state index < -0.39 is 36.2 Å². The van der Waals surface area contributed by atoms with Gasteiger partial charge in [0, 0.05) is 25.2 Å². The Kier molecular flexibility index (Phi) is 5.23. The summed E-state index contributed by atoms with van der Waals surface area (Å²) in [7, 11) is -5.01. The molecule has 1 fully saturated rings. The fourth-order valence-corrected chi connectivity index (χ4v) is 2.11. The smallest absolute Gasteiger partial charge is 0.744 e. The van der Waals surface area contributed by atoms with Crippen molar-refractivity contribution >= 4 is 27.2 Å². The summed E-state index contributed by atoms with van der Waals surface area (Å²) >= 11 is 0. The summed E-state index contributed by atoms with van der Waals surface area (Å²) < 4.78 is 32.6. The average Bonchev–Trinajstić information content (AvgIpc) is 3.09. The third-order valence-corrected chi connectivity index (χ3v) is 3.30. The van der Waals surface area contributed by atoms with Gasteiger partial charge in [0.1, 0.15) is 10.1 Å². The zero-order valence-corrected chi connectivity index (χ0v) is 14.1. The van der Waals surface area contributed by atoms with Crippen LogP contribution in [0, 0.1) is 20.2 Å². The maximum absolute atomic E-state index is 10.9. The van der Waals surface area contributed by atoms with E-state index >= 15 is 0 Å². The van der Waals surface area contributed by atoms with Crippen LogP contribution in [0.5, 0.6) is 0 Å². The molecule has 0 aliphatic carbocycles. The van der Waals surface area contributed by atoms with Crippen LogP contribution in [0.1, 0.15) is 0 Å². The van der Waals surface area contributed by atoms with E-state index in [-0.39, 0.29) is 57.1 Å². The largest absolute Gasteiger partial charge is 1.00 e. The van der Waals surface area contributed by atoms with Gasteiger partial charge in [-0.15, -0.1) is 0 Å². The minimum atomic E-state index is -5.01. The second-order valence-corrected chi connectivity index (χ2v) is 5.15. The minimum Gasteiger partial charge on any atom is -0.744 e.